The summed E-state index contributed by atoms with van der Waals surface area (Å²) in [5.41, 5.74) is -0.793. The van der Waals surface area contributed by atoms with Gasteiger partial charge in [0.25, 0.3) is 0 Å². The summed E-state index contributed by atoms with van der Waals surface area (Å²) in [7, 11) is 0. The number of hydrogen-bond donors (Lipinski definition) is 0. The number of hydrogen-bond acceptors (Lipinski definition) is 3. The van der Waals surface area contributed by atoms with E-state index in [1.54, 1.807) is 24.3 Å². The fourth-order valence-electron chi connectivity index (χ4n) is 2.97. The van der Waals surface area contributed by atoms with E-state index in [0.29, 0.717) is 4.48 Å². The van der Waals surface area contributed by atoms with Gasteiger partial charge in [-0.25, -0.2) is 4.39 Å². The minimum atomic E-state index is -1.58. The van der Waals surface area contributed by atoms with Crippen LogP contribution in [0.4, 0.5) is 4.39 Å². The van der Waals surface area contributed by atoms with Crippen molar-refractivity contribution in [1.29, 1.82) is 0 Å². The summed E-state index contributed by atoms with van der Waals surface area (Å²) in [6.45, 7) is 0. The Kier molecular flexibility index (Phi) is 4.64. The van der Waals surface area contributed by atoms with Gasteiger partial charge in [0.2, 0.25) is 0 Å². The standard InChI is InChI=1S/C17H17BrFNO3/c18-14-5-2-10-17(11-14,20(21)22)23-16(12-3-1-4-12)13-6-8-15(19)9-7-13/h2,5-9,11-12,16H,1,3-4,10H2. The van der Waals surface area contributed by atoms with Crippen LogP contribution in [0.1, 0.15) is 37.4 Å². The first-order valence-electron chi connectivity index (χ1n) is 7.63. The van der Waals surface area contributed by atoms with Crippen LogP contribution < -0.4 is 0 Å². The van der Waals surface area contributed by atoms with E-state index in [9.17, 15) is 14.5 Å². The third-order valence-electron chi connectivity index (χ3n) is 4.47. The zero-order chi connectivity index (χ0) is 16.4. The quantitative estimate of drug-likeness (QED) is 0.414. The summed E-state index contributed by atoms with van der Waals surface area (Å²) in [5, 5.41) is 11.7. The molecule has 0 radical (unpaired) electrons. The number of ether oxygens (including phenoxy) is 1. The Balaban J connectivity index is 1.92. The summed E-state index contributed by atoms with van der Waals surface area (Å²) in [5.74, 6) is -0.0938. The van der Waals surface area contributed by atoms with Gasteiger partial charge < -0.3 is 4.74 Å². The molecule has 0 spiro atoms. The van der Waals surface area contributed by atoms with E-state index in [0.717, 1.165) is 24.8 Å². The van der Waals surface area contributed by atoms with Crippen LogP contribution in [0.2, 0.25) is 0 Å². The molecule has 2 aliphatic carbocycles. The molecule has 0 aromatic heterocycles. The summed E-state index contributed by atoms with van der Waals surface area (Å²) in [6.07, 6.45) is 7.82. The Bertz CT molecular complexity index is 654. The van der Waals surface area contributed by atoms with Gasteiger partial charge >= 0.3 is 5.72 Å². The Hall–Kier alpha value is -1.53. The molecule has 4 nitrogen and oxygen atoms in total. The molecule has 0 amide bonds. The third-order valence-corrected chi connectivity index (χ3v) is 4.96. The maximum Gasteiger partial charge on any atom is 0.349 e. The molecule has 122 valence electrons. The zero-order valence-corrected chi connectivity index (χ0v) is 14.0. The van der Waals surface area contributed by atoms with Crippen LogP contribution in [0.25, 0.3) is 0 Å². The minimum absolute atomic E-state index is 0.180. The number of rotatable bonds is 5. The SMILES string of the molecule is O=[N+]([O-])C1(OC(c2ccc(F)cc2)C2CCC2)C=C(Br)C=CC1. The predicted molar refractivity (Wildman–Crippen MR) is 88.1 cm³/mol. The van der Waals surface area contributed by atoms with Crippen molar-refractivity contribution in [3.63, 3.8) is 0 Å². The molecule has 0 N–H and O–H groups in total. The highest BCUT2D eigenvalue weighted by Gasteiger charge is 2.47. The lowest BCUT2D eigenvalue weighted by molar-refractivity contribution is -0.619. The van der Waals surface area contributed by atoms with Gasteiger partial charge in [0.1, 0.15) is 5.82 Å². The van der Waals surface area contributed by atoms with Gasteiger partial charge in [-0.2, -0.15) is 0 Å². The highest BCUT2D eigenvalue weighted by Crippen LogP contribution is 2.44. The topological polar surface area (TPSA) is 52.4 Å². The van der Waals surface area contributed by atoms with Crippen LogP contribution >= 0.6 is 15.9 Å². The summed E-state index contributed by atoms with van der Waals surface area (Å²) < 4.78 is 19.9. The van der Waals surface area contributed by atoms with Crippen molar-refractivity contribution < 1.29 is 14.1 Å². The molecule has 0 saturated heterocycles. The number of nitro groups is 1. The molecular weight excluding hydrogens is 365 g/mol. The first-order chi connectivity index (χ1) is 11.0. The first-order valence-corrected chi connectivity index (χ1v) is 8.42. The minimum Gasteiger partial charge on any atom is -0.303 e. The molecule has 23 heavy (non-hydrogen) atoms. The monoisotopic (exact) mass is 381 g/mol. The number of benzene rings is 1. The molecule has 6 heteroatoms. The Morgan fingerprint density at radius 1 is 1.35 bits per heavy atom. The fraction of sp³-hybridized carbons (Fsp3) is 0.412. The van der Waals surface area contributed by atoms with Crippen molar-refractivity contribution in [1.82, 2.24) is 0 Å². The summed E-state index contributed by atoms with van der Waals surface area (Å²) in [4.78, 5) is 11.3. The van der Waals surface area contributed by atoms with E-state index in [4.69, 9.17) is 4.74 Å². The van der Waals surface area contributed by atoms with Crippen molar-refractivity contribution in [2.75, 3.05) is 0 Å². The van der Waals surface area contributed by atoms with E-state index >= 15 is 0 Å². The van der Waals surface area contributed by atoms with Gasteiger partial charge in [-0.3, -0.25) is 10.1 Å². The molecule has 0 heterocycles. The van der Waals surface area contributed by atoms with Crippen molar-refractivity contribution in [2.24, 2.45) is 5.92 Å². The normalized spacial score (nSPS) is 25.6. The molecule has 2 atom stereocenters. The molecule has 2 aliphatic rings. The molecule has 1 fully saturated rings. The van der Waals surface area contributed by atoms with Gasteiger partial charge in [0.05, 0.1) is 17.4 Å². The largest absolute Gasteiger partial charge is 0.349 e. The number of halogens is 2. The van der Waals surface area contributed by atoms with Crippen LogP contribution in [0, 0.1) is 21.8 Å². The van der Waals surface area contributed by atoms with Crippen molar-refractivity contribution in [3.05, 3.63) is 68.5 Å². The van der Waals surface area contributed by atoms with Gasteiger partial charge in [0.15, 0.2) is 0 Å². The van der Waals surface area contributed by atoms with Crippen LogP contribution in [0.3, 0.4) is 0 Å². The summed E-state index contributed by atoms with van der Waals surface area (Å²) >= 11 is 3.30. The summed E-state index contributed by atoms with van der Waals surface area (Å²) in [6, 6.07) is 6.05. The molecule has 1 aromatic rings. The van der Waals surface area contributed by atoms with Gasteiger partial charge in [-0.05, 0) is 36.5 Å². The molecule has 3 rings (SSSR count). The molecule has 1 saturated carbocycles. The molecule has 0 aliphatic heterocycles. The molecule has 1 aromatic carbocycles. The Labute approximate surface area is 142 Å². The van der Waals surface area contributed by atoms with Crippen molar-refractivity contribution >= 4 is 15.9 Å². The fourth-order valence-corrected chi connectivity index (χ4v) is 3.51. The average molecular weight is 382 g/mol. The van der Waals surface area contributed by atoms with Crippen LogP contribution in [0.5, 0.6) is 0 Å². The number of nitrogens with zero attached hydrogens (tertiary/aromatic N) is 1. The van der Waals surface area contributed by atoms with E-state index in [2.05, 4.69) is 15.9 Å². The van der Waals surface area contributed by atoms with Gasteiger partial charge in [0, 0.05) is 10.6 Å². The van der Waals surface area contributed by atoms with E-state index in [1.165, 1.54) is 18.2 Å². The molecular formula is C17H17BrFNO3. The lowest BCUT2D eigenvalue weighted by Gasteiger charge is -2.37. The van der Waals surface area contributed by atoms with Crippen LogP contribution in [0.15, 0.2) is 47.0 Å². The van der Waals surface area contributed by atoms with Crippen LogP contribution in [-0.4, -0.2) is 10.6 Å². The Morgan fingerprint density at radius 3 is 2.57 bits per heavy atom. The van der Waals surface area contributed by atoms with Crippen molar-refractivity contribution in [2.45, 2.75) is 37.5 Å². The van der Waals surface area contributed by atoms with Gasteiger partial charge in [-0.1, -0.05) is 46.6 Å². The van der Waals surface area contributed by atoms with E-state index < -0.39 is 11.8 Å². The molecule has 0 bridgehead atoms. The second-order valence-corrected chi connectivity index (χ2v) is 6.93. The van der Waals surface area contributed by atoms with E-state index in [1.807, 2.05) is 0 Å². The highest BCUT2D eigenvalue weighted by atomic mass is 79.9. The maximum absolute atomic E-state index is 13.2. The average Bonchev–Trinajstić information content (AvgIpc) is 2.45. The predicted octanol–water partition coefficient (Wildman–Crippen LogP) is 4.90. The van der Waals surface area contributed by atoms with Crippen molar-refractivity contribution in [3.8, 4) is 0 Å². The smallest absolute Gasteiger partial charge is 0.303 e. The Morgan fingerprint density at radius 2 is 2.04 bits per heavy atom. The first kappa shape index (κ1) is 16.3. The highest BCUT2D eigenvalue weighted by molar-refractivity contribution is 9.11. The second kappa shape index (κ2) is 6.53. The third kappa shape index (κ3) is 3.38. The molecule has 2 unspecified atom stereocenters. The number of allylic oxidation sites excluding steroid dienone is 2. The zero-order valence-electron chi connectivity index (χ0n) is 12.5. The van der Waals surface area contributed by atoms with Gasteiger partial charge in [-0.15, -0.1) is 0 Å². The lowest BCUT2D eigenvalue weighted by Crippen LogP contribution is -2.43. The lowest BCUT2D eigenvalue weighted by atomic mass is 9.78. The second-order valence-electron chi connectivity index (χ2n) is 6.02. The maximum atomic E-state index is 13.2. The van der Waals surface area contributed by atoms with Crippen LogP contribution in [-0.2, 0) is 4.74 Å². The van der Waals surface area contributed by atoms with E-state index in [-0.39, 0.29) is 23.1 Å².